The largest absolute Gasteiger partial charge is 0.384 e. The SMILES string of the molecule is CSc1ccccc1NCC1CCC(C(C)(C)C)CC1. The number of para-hydroxylation sites is 1. The van der Waals surface area contributed by atoms with E-state index < -0.39 is 0 Å². The molecular weight excluding hydrogens is 262 g/mol. The Morgan fingerprint density at radius 2 is 1.75 bits per heavy atom. The third-order valence-electron chi connectivity index (χ3n) is 4.76. The fourth-order valence-corrected chi connectivity index (χ4v) is 3.85. The van der Waals surface area contributed by atoms with Gasteiger partial charge in [0, 0.05) is 17.1 Å². The van der Waals surface area contributed by atoms with Crippen LogP contribution >= 0.6 is 11.8 Å². The molecule has 2 heteroatoms. The van der Waals surface area contributed by atoms with Gasteiger partial charge < -0.3 is 5.32 Å². The molecule has 0 radical (unpaired) electrons. The molecule has 0 atom stereocenters. The van der Waals surface area contributed by atoms with E-state index in [4.69, 9.17) is 0 Å². The third kappa shape index (κ3) is 4.18. The van der Waals surface area contributed by atoms with E-state index in [1.807, 2.05) is 11.8 Å². The summed E-state index contributed by atoms with van der Waals surface area (Å²) in [5.74, 6) is 1.76. The van der Waals surface area contributed by atoms with Gasteiger partial charge in [-0.1, -0.05) is 32.9 Å². The lowest BCUT2D eigenvalue weighted by Crippen LogP contribution is -2.28. The summed E-state index contributed by atoms with van der Waals surface area (Å²) in [7, 11) is 0. The van der Waals surface area contributed by atoms with Gasteiger partial charge in [-0.15, -0.1) is 11.8 Å². The number of anilines is 1. The van der Waals surface area contributed by atoms with Crippen LogP contribution in [0.5, 0.6) is 0 Å². The lowest BCUT2D eigenvalue weighted by molar-refractivity contribution is 0.153. The lowest BCUT2D eigenvalue weighted by atomic mass is 9.70. The summed E-state index contributed by atoms with van der Waals surface area (Å²) in [6.45, 7) is 8.31. The zero-order chi connectivity index (χ0) is 14.6. The van der Waals surface area contributed by atoms with Gasteiger partial charge in [-0.2, -0.15) is 0 Å². The summed E-state index contributed by atoms with van der Waals surface area (Å²) in [5.41, 5.74) is 1.79. The van der Waals surface area contributed by atoms with Gasteiger partial charge in [0.05, 0.1) is 0 Å². The second-order valence-corrected chi connectivity index (χ2v) is 8.01. The smallest absolute Gasteiger partial charge is 0.0478 e. The van der Waals surface area contributed by atoms with E-state index in [1.54, 1.807) is 0 Å². The van der Waals surface area contributed by atoms with Crippen molar-refractivity contribution in [1.29, 1.82) is 0 Å². The molecule has 0 aromatic heterocycles. The Morgan fingerprint density at radius 3 is 2.35 bits per heavy atom. The fourth-order valence-electron chi connectivity index (χ4n) is 3.28. The molecule has 0 saturated heterocycles. The van der Waals surface area contributed by atoms with Crippen LogP contribution in [0.3, 0.4) is 0 Å². The van der Waals surface area contributed by atoms with E-state index in [0.717, 1.165) is 18.4 Å². The molecule has 1 saturated carbocycles. The van der Waals surface area contributed by atoms with Crippen molar-refractivity contribution in [2.45, 2.75) is 51.3 Å². The summed E-state index contributed by atoms with van der Waals surface area (Å²) in [6, 6.07) is 8.64. The Kier molecular flexibility index (Phi) is 5.42. The molecule has 0 heterocycles. The third-order valence-corrected chi connectivity index (χ3v) is 5.56. The van der Waals surface area contributed by atoms with Crippen molar-refractivity contribution in [3.05, 3.63) is 24.3 Å². The predicted molar refractivity (Wildman–Crippen MR) is 91.6 cm³/mol. The Hall–Kier alpha value is -0.630. The molecule has 0 amide bonds. The molecule has 1 aliphatic rings. The number of hydrogen-bond acceptors (Lipinski definition) is 2. The van der Waals surface area contributed by atoms with Crippen molar-refractivity contribution in [2.75, 3.05) is 18.1 Å². The summed E-state index contributed by atoms with van der Waals surface area (Å²) < 4.78 is 0. The molecule has 1 aromatic rings. The maximum atomic E-state index is 3.67. The van der Waals surface area contributed by atoms with Gasteiger partial charge in [0.25, 0.3) is 0 Å². The van der Waals surface area contributed by atoms with Gasteiger partial charge in [0.2, 0.25) is 0 Å². The Labute approximate surface area is 128 Å². The normalized spacial score (nSPS) is 23.6. The molecule has 2 rings (SSSR count). The van der Waals surface area contributed by atoms with Crippen molar-refractivity contribution in [2.24, 2.45) is 17.3 Å². The molecule has 20 heavy (non-hydrogen) atoms. The van der Waals surface area contributed by atoms with Gasteiger partial charge in [-0.05, 0) is 61.3 Å². The van der Waals surface area contributed by atoms with Crippen molar-refractivity contribution in [3.63, 3.8) is 0 Å². The number of nitrogens with one attached hydrogen (secondary N) is 1. The van der Waals surface area contributed by atoms with Crippen LogP contribution in [0.2, 0.25) is 0 Å². The number of hydrogen-bond donors (Lipinski definition) is 1. The molecule has 0 spiro atoms. The van der Waals surface area contributed by atoms with E-state index in [9.17, 15) is 0 Å². The first-order valence-corrected chi connectivity index (χ1v) is 9.10. The minimum absolute atomic E-state index is 0.490. The minimum Gasteiger partial charge on any atom is -0.384 e. The summed E-state index contributed by atoms with van der Waals surface area (Å²) in [4.78, 5) is 1.36. The molecule has 0 bridgehead atoms. The average Bonchev–Trinajstić information content (AvgIpc) is 2.45. The quantitative estimate of drug-likeness (QED) is 0.717. The van der Waals surface area contributed by atoms with E-state index in [-0.39, 0.29) is 0 Å². The van der Waals surface area contributed by atoms with Crippen LogP contribution in [0.15, 0.2) is 29.2 Å². The highest BCUT2D eigenvalue weighted by molar-refractivity contribution is 7.98. The van der Waals surface area contributed by atoms with Crippen LogP contribution in [0.25, 0.3) is 0 Å². The van der Waals surface area contributed by atoms with Crippen LogP contribution in [0, 0.1) is 17.3 Å². The van der Waals surface area contributed by atoms with Crippen LogP contribution < -0.4 is 5.32 Å². The van der Waals surface area contributed by atoms with Crippen molar-refractivity contribution in [1.82, 2.24) is 0 Å². The van der Waals surface area contributed by atoms with Gasteiger partial charge >= 0.3 is 0 Å². The molecule has 0 unspecified atom stereocenters. The highest BCUT2D eigenvalue weighted by atomic mass is 32.2. The molecule has 1 N–H and O–H groups in total. The number of rotatable bonds is 4. The van der Waals surface area contributed by atoms with Crippen molar-refractivity contribution < 1.29 is 0 Å². The standard InChI is InChI=1S/C18H29NS/c1-18(2,3)15-11-9-14(10-12-15)13-19-16-7-5-6-8-17(16)20-4/h5-8,14-15,19H,9-13H2,1-4H3. The van der Waals surface area contributed by atoms with E-state index in [1.165, 1.54) is 36.3 Å². The molecule has 112 valence electrons. The second kappa shape index (κ2) is 6.89. The Morgan fingerprint density at radius 1 is 1.10 bits per heavy atom. The van der Waals surface area contributed by atoms with Crippen LogP contribution in [-0.4, -0.2) is 12.8 Å². The first kappa shape index (κ1) is 15.8. The second-order valence-electron chi connectivity index (χ2n) is 7.16. The van der Waals surface area contributed by atoms with Crippen molar-refractivity contribution >= 4 is 17.4 Å². The van der Waals surface area contributed by atoms with Gasteiger partial charge in [-0.3, -0.25) is 0 Å². The lowest BCUT2D eigenvalue weighted by Gasteiger charge is -2.37. The molecule has 1 aromatic carbocycles. The van der Waals surface area contributed by atoms with Gasteiger partial charge in [0.15, 0.2) is 0 Å². The van der Waals surface area contributed by atoms with E-state index >= 15 is 0 Å². The summed E-state index contributed by atoms with van der Waals surface area (Å²) in [6.07, 6.45) is 7.72. The molecule has 1 fully saturated rings. The van der Waals surface area contributed by atoms with E-state index in [2.05, 4.69) is 56.6 Å². The molecular formula is C18H29NS. The number of thioether (sulfide) groups is 1. The zero-order valence-electron chi connectivity index (χ0n) is 13.4. The zero-order valence-corrected chi connectivity index (χ0v) is 14.2. The molecule has 1 aliphatic carbocycles. The summed E-state index contributed by atoms with van der Waals surface area (Å²) >= 11 is 1.82. The maximum Gasteiger partial charge on any atom is 0.0478 e. The summed E-state index contributed by atoms with van der Waals surface area (Å²) in [5, 5.41) is 3.67. The van der Waals surface area contributed by atoms with Crippen molar-refractivity contribution in [3.8, 4) is 0 Å². The van der Waals surface area contributed by atoms with Crippen LogP contribution in [0.1, 0.15) is 46.5 Å². The highest BCUT2D eigenvalue weighted by Gasteiger charge is 2.29. The minimum atomic E-state index is 0.490. The topological polar surface area (TPSA) is 12.0 Å². The Balaban J connectivity index is 1.82. The first-order chi connectivity index (χ1) is 9.50. The monoisotopic (exact) mass is 291 g/mol. The predicted octanol–water partition coefficient (Wildman–Crippen LogP) is 5.67. The van der Waals surface area contributed by atoms with Gasteiger partial charge in [-0.25, -0.2) is 0 Å². The van der Waals surface area contributed by atoms with Crippen LogP contribution in [-0.2, 0) is 0 Å². The van der Waals surface area contributed by atoms with E-state index in [0.29, 0.717) is 5.41 Å². The number of benzene rings is 1. The Bertz CT molecular complexity index is 414. The maximum absolute atomic E-state index is 3.67. The fraction of sp³-hybridized carbons (Fsp3) is 0.667. The van der Waals surface area contributed by atoms with Gasteiger partial charge in [0.1, 0.15) is 0 Å². The van der Waals surface area contributed by atoms with Crippen LogP contribution in [0.4, 0.5) is 5.69 Å². The highest BCUT2D eigenvalue weighted by Crippen LogP contribution is 2.39. The average molecular weight is 292 g/mol. The molecule has 0 aliphatic heterocycles. The first-order valence-electron chi connectivity index (χ1n) is 7.87. The molecule has 1 nitrogen and oxygen atoms in total.